The smallest absolute Gasteiger partial charge is 0.0992 e. The Bertz CT molecular complexity index is 439. The molecule has 3 nitrogen and oxygen atoms in total. The molecule has 1 unspecified atom stereocenters. The SMILES string of the molecule is N#Cc1ccc(N2CCCCC2CN)c(Cl)c1. The van der Waals surface area contributed by atoms with Crippen molar-refractivity contribution in [1.29, 1.82) is 5.26 Å². The highest BCUT2D eigenvalue weighted by atomic mass is 35.5. The monoisotopic (exact) mass is 249 g/mol. The first-order valence-electron chi connectivity index (χ1n) is 5.92. The van der Waals surface area contributed by atoms with Gasteiger partial charge in [0.25, 0.3) is 0 Å². The van der Waals surface area contributed by atoms with Gasteiger partial charge in [0.05, 0.1) is 22.3 Å². The average Bonchev–Trinajstić information content (AvgIpc) is 2.38. The molecule has 1 aliphatic rings. The van der Waals surface area contributed by atoms with Crippen molar-refractivity contribution in [2.75, 3.05) is 18.0 Å². The fourth-order valence-corrected chi connectivity index (χ4v) is 2.66. The molecule has 0 radical (unpaired) electrons. The topological polar surface area (TPSA) is 53.0 Å². The molecule has 0 saturated carbocycles. The maximum Gasteiger partial charge on any atom is 0.0992 e. The van der Waals surface area contributed by atoms with Gasteiger partial charge in [0, 0.05) is 19.1 Å². The molecule has 1 heterocycles. The molecule has 17 heavy (non-hydrogen) atoms. The zero-order valence-electron chi connectivity index (χ0n) is 9.69. The largest absolute Gasteiger partial charge is 0.366 e. The van der Waals surface area contributed by atoms with Crippen LogP contribution in [-0.4, -0.2) is 19.1 Å². The van der Waals surface area contributed by atoms with Crippen molar-refractivity contribution in [3.05, 3.63) is 28.8 Å². The van der Waals surface area contributed by atoms with E-state index in [0.29, 0.717) is 23.2 Å². The number of hydrogen-bond donors (Lipinski definition) is 1. The number of nitriles is 1. The molecule has 1 fully saturated rings. The van der Waals surface area contributed by atoms with Gasteiger partial charge in [0.2, 0.25) is 0 Å². The van der Waals surface area contributed by atoms with E-state index in [4.69, 9.17) is 22.6 Å². The number of halogens is 1. The minimum atomic E-state index is 0.370. The molecule has 0 amide bonds. The van der Waals surface area contributed by atoms with Gasteiger partial charge in [-0.25, -0.2) is 0 Å². The Morgan fingerprint density at radius 1 is 1.47 bits per heavy atom. The highest BCUT2D eigenvalue weighted by molar-refractivity contribution is 6.33. The van der Waals surface area contributed by atoms with Gasteiger partial charge in [-0.05, 0) is 37.5 Å². The average molecular weight is 250 g/mol. The highest BCUT2D eigenvalue weighted by Gasteiger charge is 2.22. The number of rotatable bonds is 2. The van der Waals surface area contributed by atoms with Crippen LogP contribution in [-0.2, 0) is 0 Å². The summed E-state index contributed by atoms with van der Waals surface area (Å²) in [5, 5.41) is 9.46. The Balaban J connectivity index is 2.29. The van der Waals surface area contributed by atoms with Gasteiger partial charge < -0.3 is 10.6 Å². The summed E-state index contributed by atoms with van der Waals surface area (Å²) in [7, 11) is 0. The van der Waals surface area contributed by atoms with E-state index in [2.05, 4.69) is 11.0 Å². The number of hydrogen-bond acceptors (Lipinski definition) is 3. The Morgan fingerprint density at radius 2 is 2.29 bits per heavy atom. The number of nitrogens with two attached hydrogens (primary N) is 1. The lowest BCUT2D eigenvalue weighted by Gasteiger charge is -2.37. The molecule has 1 aliphatic heterocycles. The van der Waals surface area contributed by atoms with Crippen molar-refractivity contribution < 1.29 is 0 Å². The van der Waals surface area contributed by atoms with E-state index in [-0.39, 0.29) is 0 Å². The zero-order valence-corrected chi connectivity index (χ0v) is 10.5. The highest BCUT2D eigenvalue weighted by Crippen LogP contribution is 2.31. The maximum absolute atomic E-state index is 8.82. The Labute approximate surface area is 107 Å². The Morgan fingerprint density at radius 3 is 2.94 bits per heavy atom. The third-order valence-electron chi connectivity index (χ3n) is 3.29. The fourth-order valence-electron chi connectivity index (χ4n) is 2.37. The van der Waals surface area contributed by atoms with Crippen LogP contribution in [0.3, 0.4) is 0 Å². The molecular weight excluding hydrogens is 234 g/mol. The van der Waals surface area contributed by atoms with Crippen molar-refractivity contribution in [1.82, 2.24) is 0 Å². The third-order valence-corrected chi connectivity index (χ3v) is 3.59. The molecule has 0 bridgehead atoms. The number of piperidine rings is 1. The van der Waals surface area contributed by atoms with Crippen molar-refractivity contribution >= 4 is 17.3 Å². The fraction of sp³-hybridized carbons (Fsp3) is 0.462. The normalized spacial score (nSPS) is 20.1. The van der Waals surface area contributed by atoms with E-state index < -0.39 is 0 Å². The van der Waals surface area contributed by atoms with Gasteiger partial charge in [0.1, 0.15) is 0 Å². The van der Waals surface area contributed by atoms with E-state index in [1.54, 1.807) is 6.07 Å². The van der Waals surface area contributed by atoms with E-state index in [1.807, 2.05) is 12.1 Å². The first kappa shape index (κ1) is 12.2. The molecule has 4 heteroatoms. The van der Waals surface area contributed by atoms with Crippen molar-refractivity contribution in [2.24, 2.45) is 5.73 Å². The van der Waals surface area contributed by atoms with Gasteiger partial charge >= 0.3 is 0 Å². The summed E-state index contributed by atoms with van der Waals surface area (Å²) in [5.74, 6) is 0. The second kappa shape index (κ2) is 5.39. The van der Waals surface area contributed by atoms with Crippen molar-refractivity contribution in [3.8, 4) is 6.07 Å². The van der Waals surface area contributed by atoms with Crippen molar-refractivity contribution in [3.63, 3.8) is 0 Å². The summed E-state index contributed by atoms with van der Waals surface area (Å²) >= 11 is 6.23. The standard InChI is InChI=1S/C13H16ClN3/c14-12-7-10(8-15)4-5-13(12)17-6-2-1-3-11(17)9-16/h4-5,7,11H,1-3,6,9,16H2. The quantitative estimate of drug-likeness (QED) is 0.876. The second-order valence-electron chi connectivity index (χ2n) is 4.36. The summed E-state index contributed by atoms with van der Waals surface area (Å²) in [6.07, 6.45) is 3.52. The first-order chi connectivity index (χ1) is 8.26. The molecule has 1 aromatic carbocycles. The predicted octanol–water partition coefficient (Wildman–Crippen LogP) is 2.53. The lowest BCUT2D eigenvalue weighted by molar-refractivity contribution is 0.465. The van der Waals surface area contributed by atoms with Gasteiger partial charge in [-0.1, -0.05) is 11.6 Å². The molecule has 0 spiro atoms. The summed E-state index contributed by atoms with van der Waals surface area (Å²) in [6.45, 7) is 1.64. The Kier molecular flexibility index (Phi) is 3.88. The van der Waals surface area contributed by atoms with Crippen LogP contribution in [0.2, 0.25) is 5.02 Å². The number of benzene rings is 1. The van der Waals surface area contributed by atoms with Crippen LogP contribution in [0.5, 0.6) is 0 Å². The van der Waals surface area contributed by atoms with E-state index >= 15 is 0 Å². The van der Waals surface area contributed by atoms with Crippen LogP contribution < -0.4 is 10.6 Å². The van der Waals surface area contributed by atoms with Gasteiger partial charge in [-0.3, -0.25) is 0 Å². The van der Waals surface area contributed by atoms with Crippen LogP contribution >= 0.6 is 11.6 Å². The van der Waals surface area contributed by atoms with Gasteiger partial charge in [0.15, 0.2) is 0 Å². The zero-order chi connectivity index (χ0) is 12.3. The molecule has 90 valence electrons. The van der Waals surface area contributed by atoms with Gasteiger partial charge in [-0.2, -0.15) is 5.26 Å². The predicted molar refractivity (Wildman–Crippen MR) is 70.2 cm³/mol. The lowest BCUT2D eigenvalue weighted by atomic mass is 10.0. The number of anilines is 1. The second-order valence-corrected chi connectivity index (χ2v) is 4.76. The third kappa shape index (κ3) is 2.54. The molecule has 1 atom stereocenters. The van der Waals surface area contributed by atoms with Crippen molar-refractivity contribution in [2.45, 2.75) is 25.3 Å². The molecule has 1 saturated heterocycles. The van der Waals surface area contributed by atoms with Crippen LogP contribution in [0.4, 0.5) is 5.69 Å². The summed E-state index contributed by atoms with van der Waals surface area (Å²) in [5.41, 5.74) is 7.40. The summed E-state index contributed by atoms with van der Waals surface area (Å²) < 4.78 is 0. The molecular formula is C13H16ClN3. The Hall–Kier alpha value is -1.24. The van der Waals surface area contributed by atoms with E-state index in [0.717, 1.165) is 18.7 Å². The molecule has 1 aromatic rings. The summed E-state index contributed by atoms with van der Waals surface area (Å²) in [4.78, 5) is 2.27. The lowest BCUT2D eigenvalue weighted by Crippen LogP contribution is -2.44. The van der Waals surface area contributed by atoms with Crippen LogP contribution in [0.15, 0.2) is 18.2 Å². The van der Waals surface area contributed by atoms with Crippen LogP contribution in [0, 0.1) is 11.3 Å². The van der Waals surface area contributed by atoms with Crippen LogP contribution in [0.25, 0.3) is 0 Å². The molecule has 0 aliphatic carbocycles. The molecule has 2 rings (SSSR count). The van der Waals surface area contributed by atoms with E-state index in [1.165, 1.54) is 12.8 Å². The van der Waals surface area contributed by atoms with Gasteiger partial charge in [-0.15, -0.1) is 0 Å². The first-order valence-corrected chi connectivity index (χ1v) is 6.30. The minimum absolute atomic E-state index is 0.370. The molecule has 0 aromatic heterocycles. The van der Waals surface area contributed by atoms with E-state index in [9.17, 15) is 0 Å². The maximum atomic E-state index is 8.82. The molecule has 2 N–H and O–H groups in total. The number of nitrogens with zero attached hydrogens (tertiary/aromatic N) is 2. The summed E-state index contributed by atoms with van der Waals surface area (Å²) in [6, 6.07) is 7.92. The minimum Gasteiger partial charge on any atom is -0.366 e. The van der Waals surface area contributed by atoms with Crippen LogP contribution in [0.1, 0.15) is 24.8 Å².